The molecule has 3 nitrogen and oxygen atoms in total. The van der Waals surface area contributed by atoms with Crippen LogP contribution in [-0.2, 0) is 10.2 Å². The molecule has 1 heterocycles. The van der Waals surface area contributed by atoms with Gasteiger partial charge in [-0.2, -0.15) is 0 Å². The summed E-state index contributed by atoms with van der Waals surface area (Å²) in [4.78, 5) is 12.0. The standard InChI is InChI=1S/C18H28N2O/c1-18(2,3)15-7-9-16(10-8-15)20-17(21)11-6-14-5-4-12-19-13-14/h7-10,14,19H,4-6,11-13H2,1-3H3,(H,20,21). The highest BCUT2D eigenvalue weighted by molar-refractivity contribution is 5.90. The van der Waals surface area contributed by atoms with E-state index in [0.29, 0.717) is 12.3 Å². The van der Waals surface area contributed by atoms with Gasteiger partial charge in [0.15, 0.2) is 0 Å². The van der Waals surface area contributed by atoms with Crippen LogP contribution in [0.2, 0.25) is 0 Å². The highest BCUT2D eigenvalue weighted by Gasteiger charge is 2.15. The summed E-state index contributed by atoms with van der Waals surface area (Å²) in [6, 6.07) is 8.20. The molecule has 2 rings (SSSR count). The van der Waals surface area contributed by atoms with Crippen molar-refractivity contribution in [1.82, 2.24) is 5.32 Å². The molecular weight excluding hydrogens is 260 g/mol. The Balaban J connectivity index is 1.79. The van der Waals surface area contributed by atoms with Crippen LogP contribution in [0.4, 0.5) is 5.69 Å². The van der Waals surface area contributed by atoms with E-state index in [0.717, 1.165) is 25.2 Å². The fourth-order valence-electron chi connectivity index (χ4n) is 2.78. The Morgan fingerprint density at radius 3 is 2.57 bits per heavy atom. The van der Waals surface area contributed by atoms with Crippen molar-refractivity contribution >= 4 is 11.6 Å². The first-order valence-corrected chi connectivity index (χ1v) is 8.06. The van der Waals surface area contributed by atoms with Crippen molar-refractivity contribution in [3.63, 3.8) is 0 Å². The number of hydrogen-bond acceptors (Lipinski definition) is 2. The Kier molecular flexibility index (Phi) is 5.40. The lowest BCUT2D eigenvalue weighted by Crippen LogP contribution is -2.30. The van der Waals surface area contributed by atoms with Gasteiger partial charge in [-0.25, -0.2) is 0 Å². The van der Waals surface area contributed by atoms with E-state index in [-0.39, 0.29) is 11.3 Å². The summed E-state index contributed by atoms with van der Waals surface area (Å²) in [5, 5.41) is 6.40. The summed E-state index contributed by atoms with van der Waals surface area (Å²) in [6.07, 6.45) is 4.09. The second-order valence-corrected chi connectivity index (χ2v) is 7.13. The summed E-state index contributed by atoms with van der Waals surface area (Å²) >= 11 is 0. The molecule has 3 heteroatoms. The van der Waals surface area contributed by atoms with Gasteiger partial charge < -0.3 is 10.6 Å². The smallest absolute Gasteiger partial charge is 0.224 e. The van der Waals surface area contributed by atoms with Crippen LogP contribution in [0.15, 0.2) is 24.3 Å². The van der Waals surface area contributed by atoms with Crippen molar-refractivity contribution in [3.8, 4) is 0 Å². The summed E-state index contributed by atoms with van der Waals surface area (Å²) in [6.45, 7) is 8.77. The maximum atomic E-state index is 12.0. The van der Waals surface area contributed by atoms with Crippen LogP contribution in [0.1, 0.15) is 52.0 Å². The largest absolute Gasteiger partial charge is 0.326 e. The van der Waals surface area contributed by atoms with Gasteiger partial charge in [0.25, 0.3) is 0 Å². The van der Waals surface area contributed by atoms with Crippen LogP contribution in [-0.4, -0.2) is 19.0 Å². The average Bonchev–Trinajstić information content (AvgIpc) is 2.46. The first kappa shape index (κ1) is 16.0. The van der Waals surface area contributed by atoms with Crippen molar-refractivity contribution in [3.05, 3.63) is 29.8 Å². The van der Waals surface area contributed by atoms with E-state index >= 15 is 0 Å². The van der Waals surface area contributed by atoms with Crippen molar-refractivity contribution in [2.24, 2.45) is 5.92 Å². The Labute approximate surface area is 128 Å². The van der Waals surface area contributed by atoms with Gasteiger partial charge in [-0.3, -0.25) is 4.79 Å². The summed E-state index contributed by atoms with van der Waals surface area (Å²) in [7, 11) is 0. The highest BCUT2D eigenvalue weighted by atomic mass is 16.1. The van der Waals surface area contributed by atoms with E-state index in [1.165, 1.54) is 18.4 Å². The van der Waals surface area contributed by atoms with E-state index in [9.17, 15) is 4.79 Å². The summed E-state index contributed by atoms with van der Waals surface area (Å²) < 4.78 is 0. The molecule has 1 unspecified atom stereocenters. The molecule has 1 amide bonds. The molecule has 0 saturated carbocycles. The van der Waals surface area contributed by atoms with Gasteiger partial charge in [0.2, 0.25) is 5.91 Å². The van der Waals surface area contributed by atoms with E-state index in [2.05, 4.69) is 43.5 Å². The number of hydrogen-bond donors (Lipinski definition) is 2. The third-order valence-electron chi connectivity index (χ3n) is 4.21. The van der Waals surface area contributed by atoms with Crippen LogP contribution in [0.25, 0.3) is 0 Å². The lowest BCUT2D eigenvalue weighted by atomic mass is 9.87. The first-order chi connectivity index (χ1) is 9.95. The van der Waals surface area contributed by atoms with Crippen molar-refractivity contribution in [2.45, 2.75) is 51.9 Å². The molecule has 1 atom stereocenters. The molecule has 1 saturated heterocycles. The molecule has 1 fully saturated rings. The Morgan fingerprint density at radius 1 is 1.29 bits per heavy atom. The first-order valence-electron chi connectivity index (χ1n) is 8.06. The molecule has 0 aromatic heterocycles. The fourth-order valence-corrected chi connectivity index (χ4v) is 2.78. The van der Waals surface area contributed by atoms with Crippen molar-refractivity contribution < 1.29 is 4.79 Å². The number of rotatable bonds is 4. The number of carbonyl (C=O) groups is 1. The molecule has 0 bridgehead atoms. The van der Waals surface area contributed by atoms with Gasteiger partial charge in [-0.1, -0.05) is 32.9 Å². The van der Waals surface area contributed by atoms with E-state index in [1.54, 1.807) is 0 Å². The van der Waals surface area contributed by atoms with Gasteiger partial charge in [0.05, 0.1) is 0 Å². The van der Waals surface area contributed by atoms with Crippen LogP contribution >= 0.6 is 0 Å². The minimum absolute atomic E-state index is 0.129. The van der Waals surface area contributed by atoms with Crippen LogP contribution < -0.4 is 10.6 Å². The van der Waals surface area contributed by atoms with E-state index in [1.807, 2.05) is 12.1 Å². The monoisotopic (exact) mass is 288 g/mol. The maximum Gasteiger partial charge on any atom is 0.224 e. The third kappa shape index (κ3) is 5.16. The van der Waals surface area contributed by atoms with Gasteiger partial charge in [0, 0.05) is 12.1 Å². The SMILES string of the molecule is CC(C)(C)c1ccc(NC(=O)CCC2CCCNC2)cc1. The number of benzene rings is 1. The third-order valence-corrected chi connectivity index (χ3v) is 4.21. The minimum Gasteiger partial charge on any atom is -0.326 e. The predicted molar refractivity (Wildman–Crippen MR) is 88.6 cm³/mol. The van der Waals surface area contributed by atoms with Crippen molar-refractivity contribution in [1.29, 1.82) is 0 Å². The molecule has 0 radical (unpaired) electrons. The zero-order valence-corrected chi connectivity index (χ0v) is 13.5. The minimum atomic E-state index is 0.129. The lowest BCUT2D eigenvalue weighted by molar-refractivity contribution is -0.116. The number of nitrogens with one attached hydrogen (secondary N) is 2. The molecule has 116 valence electrons. The Hall–Kier alpha value is -1.35. The van der Waals surface area contributed by atoms with Gasteiger partial charge in [-0.15, -0.1) is 0 Å². The molecule has 1 aromatic rings. The molecule has 21 heavy (non-hydrogen) atoms. The van der Waals surface area contributed by atoms with Gasteiger partial charge in [0.1, 0.15) is 0 Å². The van der Waals surface area contributed by atoms with Crippen LogP contribution in [0, 0.1) is 5.92 Å². The maximum absolute atomic E-state index is 12.0. The number of anilines is 1. The lowest BCUT2D eigenvalue weighted by Gasteiger charge is -2.22. The zero-order valence-electron chi connectivity index (χ0n) is 13.5. The topological polar surface area (TPSA) is 41.1 Å². The van der Waals surface area contributed by atoms with Gasteiger partial charge in [-0.05, 0) is 61.4 Å². The normalized spacial score (nSPS) is 19.3. The van der Waals surface area contributed by atoms with Crippen molar-refractivity contribution in [2.75, 3.05) is 18.4 Å². The van der Waals surface area contributed by atoms with E-state index < -0.39 is 0 Å². The highest BCUT2D eigenvalue weighted by Crippen LogP contribution is 2.23. The second kappa shape index (κ2) is 7.08. The van der Waals surface area contributed by atoms with Crippen LogP contribution in [0.5, 0.6) is 0 Å². The zero-order chi connectivity index (χ0) is 15.3. The number of carbonyl (C=O) groups excluding carboxylic acids is 1. The summed E-state index contributed by atoms with van der Waals surface area (Å²) in [5.74, 6) is 0.789. The fraction of sp³-hybridized carbons (Fsp3) is 0.611. The number of amides is 1. The molecule has 2 N–H and O–H groups in total. The second-order valence-electron chi connectivity index (χ2n) is 7.13. The molecule has 1 aromatic carbocycles. The number of piperidine rings is 1. The molecule has 0 aliphatic carbocycles. The Morgan fingerprint density at radius 2 is 2.00 bits per heavy atom. The predicted octanol–water partition coefficient (Wildman–Crippen LogP) is 3.70. The van der Waals surface area contributed by atoms with Gasteiger partial charge >= 0.3 is 0 Å². The Bertz CT molecular complexity index is 453. The molecule has 0 spiro atoms. The van der Waals surface area contributed by atoms with E-state index in [4.69, 9.17) is 0 Å². The molecule has 1 aliphatic rings. The average molecular weight is 288 g/mol. The molecule has 1 aliphatic heterocycles. The van der Waals surface area contributed by atoms with Crippen LogP contribution in [0.3, 0.4) is 0 Å². The quantitative estimate of drug-likeness (QED) is 0.887. The summed E-state index contributed by atoms with van der Waals surface area (Å²) in [5.41, 5.74) is 2.33. The molecular formula is C18H28N2O.